The second-order valence-corrected chi connectivity index (χ2v) is 5.49. The maximum absolute atomic E-state index is 12.4. The number of hydrogen-bond acceptors (Lipinski definition) is 4. The van der Waals surface area contributed by atoms with E-state index in [-0.39, 0.29) is 17.3 Å². The van der Waals surface area contributed by atoms with Crippen LogP contribution in [-0.4, -0.2) is 36.2 Å². The molecule has 2 saturated heterocycles. The SMILES string of the molecule is O=C(Cc1ccccn1)C1CCOC2(CCOC2)C1. The number of hydrogen-bond donors (Lipinski definition) is 0. The summed E-state index contributed by atoms with van der Waals surface area (Å²) in [5.41, 5.74) is 0.665. The Morgan fingerprint density at radius 3 is 3.11 bits per heavy atom. The quantitative estimate of drug-likeness (QED) is 0.832. The molecule has 2 aliphatic heterocycles. The van der Waals surface area contributed by atoms with Crippen molar-refractivity contribution in [1.82, 2.24) is 4.98 Å². The first-order valence-electron chi connectivity index (χ1n) is 6.92. The smallest absolute Gasteiger partial charge is 0.142 e. The molecule has 2 atom stereocenters. The molecule has 3 rings (SSSR count). The van der Waals surface area contributed by atoms with Gasteiger partial charge in [-0.25, -0.2) is 0 Å². The summed E-state index contributed by atoms with van der Waals surface area (Å²) < 4.78 is 11.3. The number of Topliss-reactive ketones (excluding diaryl/α,β-unsaturated/α-hetero) is 1. The number of aromatic nitrogens is 1. The van der Waals surface area contributed by atoms with Crippen molar-refractivity contribution in [3.63, 3.8) is 0 Å². The van der Waals surface area contributed by atoms with E-state index in [9.17, 15) is 4.79 Å². The van der Waals surface area contributed by atoms with E-state index in [1.165, 1.54) is 0 Å². The number of carbonyl (C=O) groups excluding carboxylic acids is 1. The molecule has 2 aliphatic rings. The molecule has 1 aromatic rings. The Balaban J connectivity index is 1.63. The maximum atomic E-state index is 12.4. The lowest BCUT2D eigenvalue weighted by molar-refractivity contribution is -0.136. The topological polar surface area (TPSA) is 48.4 Å². The average molecular weight is 261 g/mol. The first-order valence-corrected chi connectivity index (χ1v) is 6.92. The molecular weight excluding hydrogens is 242 g/mol. The fourth-order valence-corrected chi connectivity index (χ4v) is 2.99. The Hall–Kier alpha value is -1.26. The van der Waals surface area contributed by atoms with E-state index in [4.69, 9.17) is 9.47 Å². The van der Waals surface area contributed by atoms with Gasteiger partial charge < -0.3 is 9.47 Å². The second kappa shape index (κ2) is 5.39. The van der Waals surface area contributed by atoms with Crippen LogP contribution in [0.25, 0.3) is 0 Å². The van der Waals surface area contributed by atoms with Crippen LogP contribution >= 0.6 is 0 Å². The zero-order valence-electron chi connectivity index (χ0n) is 11.0. The number of pyridine rings is 1. The van der Waals surface area contributed by atoms with E-state index >= 15 is 0 Å². The highest BCUT2D eigenvalue weighted by atomic mass is 16.6. The highest BCUT2D eigenvalue weighted by Crippen LogP contribution is 2.36. The number of carbonyl (C=O) groups is 1. The van der Waals surface area contributed by atoms with E-state index < -0.39 is 0 Å². The van der Waals surface area contributed by atoms with Crippen LogP contribution in [0.2, 0.25) is 0 Å². The summed E-state index contributed by atoms with van der Waals surface area (Å²) in [4.78, 5) is 16.6. The van der Waals surface area contributed by atoms with Gasteiger partial charge in [-0.1, -0.05) is 6.07 Å². The van der Waals surface area contributed by atoms with Gasteiger partial charge >= 0.3 is 0 Å². The van der Waals surface area contributed by atoms with Gasteiger partial charge in [0, 0.05) is 43.9 Å². The molecule has 4 heteroatoms. The highest BCUT2D eigenvalue weighted by molar-refractivity contribution is 5.83. The van der Waals surface area contributed by atoms with Crippen LogP contribution in [0.5, 0.6) is 0 Å². The van der Waals surface area contributed by atoms with E-state index in [0.29, 0.717) is 19.6 Å². The van der Waals surface area contributed by atoms with Gasteiger partial charge in [0.1, 0.15) is 5.78 Å². The minimum Gasteiger partial charge on any atom is -0.378 e. The Kier molecular flexibility index (Phi) is 3.62. The summed E-state index contributed by atoms with van der Waals surface area (Å²) in [6, 6.07) is 5.70. The lowest BCUT2D eigenvalue weighted by Gasteiger charge is -2.36. The Labute approximate surface area is 113 Å². The Morgan fingerprint density at radius 1 is 1.42 bits per heavy atom. The molecule has 0 aromatic carbocycles. The molecule has 2 fully saturated rings. The van der Waals surface area contributed by atoms with Gasteiger partial charge in [-0.3, -0.25) is 9.78 Å². The molecule has 19 heavy (non-hydrogen) atoms. The van der Waals surface area contributed by atoms with Crippen LogP contribution < -0.4 is 0 Å². The minimum atomic E-state index is -0.192. The van der Waals surface area contributed by atoms with Crippen LogP contribution in [0, 0.1) is 5.92 Å². The van der Waals surface area contributed by atoms with Crippen LogP contribution in [0.4, 0.5) is 0 Å². The van der Waals surface area contributed by atoms with Gasteiger partial charge in [-0.05, 0) is 25.0 Å². The molecule has 0 amide bonds. The molecule has 2 unspecified atom stereocenters. The summed E-state index contributed by atoms with van der Waals surface area (Å²) in [5, 5.41) is 0. The zero-order chi connectivity index (χ0) is 13.1. The van der Waals surface area contributed by atoms with Gasteiger partial charge in [0.2, 0.25) is 0 Å². The lowest BCUT2D eigenvalue weighted by atomic mass is 9.82. The maximum Gasteiger partial charge on any atom is 0.142 e. The third-order valence-corrected chi connectivity index (χ3v) is 4.10. The predicted octanol–water partition coefficient (Wildman–Crippen LogP) is 1.78. The first kappa shape index (κ1) is 12.8. The largest absolute Gasteiger partial charge is 0.378 e. The van der Waals surface area contributed by atoms with Gasteiger partial charge in [0.05, 0.1) is 12.2 Å². The molecule has 0 bridgehead atoms. The van der Waals surface area contributed by atoms with Gasteiger partial charge in [-0.15, -0.1) is 0 Å². The van der Waals surface area contributed by atoms with Crippen molar-refractivity contribution in [2.45, 2.75) is 31.3 Å². The second-order valence-electron chi connectivity index (χ2n) is 5.49. The van der Waals surface area contributed by atoms with Crippen molar-refractivity contribution in [2.75, 3.05) is 19.8 Å². The monoisotopic (exact) mass is 261 g/mol. The molecular formula is C15H19NO3. The number of nitrogens with zero attached hydrogens (tertiary/aromatic N) is 1. The Bertz CT molecular complexity index is 440. The van der Waals surface area contributed by atoms with Crippen LogP contribution in [-0.2, 0) is 20.7 Å². The summed E-state index contributed by atoms with van der Waals surface area (Å²) in [6.07, 6.45) is 4.72. The van der Waals surface area contributed by atoms with Crippen LogP contribution in [0.1, 0.15) is 25.0 Å². The molecule has 1 aromatic heterocycles. The minimum absolute atomic E-state index is 0.0949. The van der Waals surface area contributed by atoms with Gasteiger partial charge in [0.15, 0.2) is 0 Å². The van der Waals surface area contributed by atoms with Gasteiger partial charge in [-0.2, -0.15) is 0 Å². The fraction of sp³-hybridized carbons (Fsp3) is 0.600. The van der Waals surface area contributed by atoms with Crippen molar-refractivity contribution in [3.05, 3.63) is 30.1 Å². The molecule has 0 N–H and O–H groups in total. The third-order valence-electron chi connectivity index (χ3n) is 4.10. The lowest BCUT2D eigenvalue weighted by Crippen LogP contribution is -2.42. The number of ketones is 1. The van der Waals surface area contributed by atoms with Crippen LogP contribution in [0.3, 0.4) is 0 Å². The van der Waals surface area contributed by atoms with Crippen molar-refractivity contribution in [2.24, 2.45) is 5.92 Å². The molecule has 3 heterocycles. The highest BCUT2D eigenvalue weighted by Gasteiger charge is 2.42. The fourth-order valence-electron chi connectivity index (χ4n) is 2.99. The Morgan fingerprint density at radius 2 is 2.37 bits per heavy atom. The van der Waals surface area contributed by atoms with Gasteiger partial charge in [0.25, 0.3) is 0 Å². The van der Waals surface area contributed by atoms with Crippen molar-refractivity contribution >= 4 is 5.78 Å². The van der Waals surface area contributed by atoms with E-state index in [2.05, 4.69) is 4.98 Å². The third kappa shape index (κ3) is 2.85. The number of rotatable bonds is 3. The molecule has 1 spiro atoms. The number of ether oxygens (including phenoxy) is 2. The summed E-state index contributed by atoms with van der Waals surface area (Å²) in [5.74, 6) is 0.380. The van der Waals surface area contributed by atoms with E-state index in [1.54, 1.807) is 6.20 Å². The van der Waals surface area contributed by atoms with Crippen molar-refractivity contribution < 1.29 is 14.3 Å². The van der Waals surface area contributed by atoms with Crippen molar-refractivity contribution in [1.29, 1.82) is 0 Å². The van der Waals surface area contributed by atoms with E-state index in [0.717, 1.165) is 31.6 Å². The zero-order valence-corrected chi connectivity index (χ0v) is 11.0. The van der Waals surface area contributed by atoms with Crippen LogP contribution in [0.15, 0.2) is 24.4 Å². The normalized spacial score (nSPS) is 30.6. The summed E-state index contributed by atoms with van der Waals surface area (Å²) >= 11 is 0. The predicted molar refractivity (Wildman–Crippen MR) is 69.8 cm³/mol. The molecule has 4 nitrogen and oxygen atoms in total. The molecule has 102 valence electrons. The average Bonchev–Trinajstić information content (AvgIpc) is 2.88. The summed E-state index contributed by atoms with van der Waals surface area (Å²) in [7, 11) is 0. The summed E-state index contributed by atoms with van der Waals surface area (Å²) in [6.45, 7) is 2.06. The molecule has 0 saturated carbocycles. The standard InChI is InChI=1S/C15H19NO3/c17-14(9-13-3-1-2-6-16-13)12-4-7-19-15(10-12)5-8-18-11-15/h1-3,6,12H,4-5,7-11H2. The van der Waals surface area contributed by atoms with Crippen molar-refractivity contribution in [3.8, 4) is 0 Å². The first-order chi connectivity index (χ1) is 9.27. The molecule has 0 radical (unpaired) electrons. The molecule has 0 aliphatic carbocycles. The van der Waals surface area contributed by atoms with E-state index in [1.807, 2.05) is 18.2 Å².